The molecule has 1 rings (SSSR count). The quantitative estimate of drug-likeness (QED) is 0.743. The fourth-order valence-electron chi connectivity index (χ4n) is 1.82. The summed E-state index contributed by atoms with van der Waals surface area (Å²) >= 11 is 0. The minimum atomic E-state index is -0.357. The van der Waals surface area contributed by atoms with Crippen LogP contribution in [0.4, 0.5) is 0 Å². The van der Waals surface area contributed by atoms with Gasteiger partial charge in [0.15, 0.2) is 0 Å². The summed E-state index contributed by atoms with van der Waals surface area (Å²) in [4.78, 5) is 13.7. The van der Waals surface area contributed by atoms with Gasteiger partial charge in [-0.1, -0.05) is 6.92 Å². The number of hydrogen-bond donors (Lipinski definition) is 2. The predicted molar refractivity (Wildman–Crippen MR) is 62.2 cm³/mol. The lowest BCUT2D eigenvalue weighted by Crippen LogP contribution is -2.43. The monoisotopic (exact) mass is 236 g/mol. The summed E-state index contributed by atoms with van der Waals surface area (Å²) in [6.45, 7) is 6.15. The maximum absolute atomic E-state index is 11.9. The molecule has 90 valence electrons. The molecule has 1 amide bonds. The minimum Gasteiger partial charge on any atom is -0.392 e. The summed E-state index contributed by atoms with van der Waals surface area (Å²) in [6, 6.07) is -0.170. The standard InChI is InChI=1S/C10H20N2O2.ClH/c1-3-5-12(4-2)10(14)9-6-8(13)7-11-9;/h8-9,11,13H,3-7H2,1-2H3;1H/t8-,9+;/m0./s1. The van der Waals surface area contributed by atoms with Crippen LogP contribution in [0.1, 0.15) is 26.7 Å². The fourth-order valence-corrected chi connectivity index (χ4v) is 1.82. The van der Waals surface area contributed by atoms with Crippen LogP contribution >= 0.6 is 12.4 Å². The molecular weight excluding hydrogens is 216 g/mol. The average Bonchev–Trinajstić information content (AvgIpc) is 2.60. The second-order valence-corrected chi connectivity index (χ2v) is 3.77. The highest BCUT2D eigenvalue weighted by atomic mass is 35.5. The third-order valence-corrected chi connectivity index (χ3v) is 2.59. The van der Waals surface area contributed by atoms with Crippen LogP contribution in [0.15, 0.2) is 0 Å². The van der Waals surface area contributed by atoms with Gasteiger partial charge < -0.3 is 15.3 Å². The van der Waals surface area contributed by atoms with E-state index in [9.17, 15) is 9.90 Å². The molecule has 1 saturated heterocycles. The molecule has 2 N–H and O–H groups in total. The zero-order valence-corrected chi connectivity index (χ0v) is 10.2. The van der Waals surface area contributed by atoms with E-state index in [4.69, 9.17) is 0 Å². The van der Waals surface area contributed by atoms with E-state index in [2.05, 4.69) is 12.2 Å². The fraction of sp³-hybridized carbons (Fsp3) is 0.900. The molecule has 1 aliphatic heterocycles. The van der Waals surface area contributed by atoms with Gasteiger partial charge in [0, 0.05) is 19.6 Å². The third-order valence-electron chi connectivity index (χ3n) is 2.59. The number of rotatable bonds is 4. The lowest BCUT2D eigenvalue weighted by Gasteiger charge is -2.23. The van der Waals surface area contributed by atoms with Crippen molar-refractivity contribution in [3.05, 3.63) is 0 Å². The first-order valence-corrected chi connectivity index (χ1v) is 5.39. The molecule has 4 nitrogen and oxygen atoms in total. The lowest BCUT2D eigenvalue weighted by molar-refractivity contribution is -0.133. The molecule has 5 heteroatoms. The summed E-state index contributed by atoms with van der Waals surface area (Å²) < 4.78 is 0. The Morgan fingerprint density at radius 1 is 1.53 bits per heavy atom. The van der Waals surface area contributed by atoms with Gasteiger partial charge in [-0.25, -0.2) is 0 Å². The zero-order valence-electron chi connectivity index (χ0n) is 9.40. The smallest absolute Gasteiger partial charge is 0.239 e. The number of carbonyl (C=O) groups is 1. The van der Waals surface area contributed by atoms with E-state index in [1.165, 1.54) is 0 Å². The summed E-state index contributed by atoms with van der Waals surface area (Å²) in [5, 5.41) is 12.3. The molecule has 1 heterocycles. The number of nitrogens with zero attached hydrogens (tertiary/aromatic N) is 1. The molecule has 15 heavy (non-hydrogen) atoms. The Morgan fingerprint density at radius 2 is 2.20 bits per heavy atom. The number of likely N-dealkylation sites (N-methyl/N-ethyl adjacent to an activating group) is 1. The molecule has 0 aromatic carbocycles. The summed E-state index contributed by atoms with van der Waals surface area (Å²) in [7, 11) is 0. The highest BCUT2D eigenvalue weighted by Crippen LogP contribution is 2.09. The molecule has 0 spiro atoms. The van der Waals surface area contributed by atoms with Crippen LogP contribution in [0.25, 0.3) is 0 Å². The number of nitrogens with one attached hydrogen (secondary N) is 1. The number of hydrogen-bond acceptors (Lipinski definition) is 3. The second kappa shape index (κ2) is 7.04. The van der Waals surface area contributed by atoms with Gasteiger partial charge in [-0.05, 0) is 19.8 Å². The van der Waals surface area contributed by atoms with Gasteiger partial charge in [0.05, 0.1) is 12.1 Å². The molecule has 0 bridgehead atoms. The van der Waals surface area contributed by atoms with Gasteiger partial charge in [0.2, 0.25) is 5.91 Å². The van der Waals surface area contributed by atoms with Crippen LogP contribution in [0, 0.1) is 0 Å². The number of carbonyl (C=O) groups excluding carboxylic acids is 1. The number of β-amino-alcohol motifs (C(OH)–C–C–N with tert-alkyl or cyclic N) is 1. The largest absolute Gasteiger partial charge is 0.392 e. The van der Waals surface area contributed by atoms with E-state index in [1.54, 1.807) is 0 Å². The summed E-state index contributed by atoms with van der Waals surface area (Å²) in [5.74, 6) is 0.130. The Labute approximate surface area is 97.4 Å². The molecular formula is C10H21ClN2O2. The SMILES string of the molecule is CCCN(CC)C(=O)[C@H]1C[C@H](O)CN1.Cl. The molecule has 0 unspecified atom stereocenters. The highest BCUT2D eigenvalue weighted by molar-refractivity contribution is 5.85. The van der Waals surface area contributed by atoms with Gasteiger partial charge in [-0.2, -0.15) is 0 Å². The van der Waals surface area contributed by atoms with Gasteiger partial charge in [0.1, 0.15) is 0 Å². The highest BCUT2D eigenvalue weighted by Gasteiger charge is 2.30. The Kier molecular flexibility index (Phi) is 6.89. The topological polar surface area (TPSA) is 52.6 Å². The van der Waals surface area contributed by atoms with Crippen LogP contribution < -0.4 is 5.32 Å². The van der Waals surface area contributed by atoms with Crippen LogP contribution in [0.3, 0.4) is 0 Å². The van der Waals surface area contributed by atoms with Crippen molar-refractivity contribution in [2.24, 2.45) is 0 Å². The average molecular weight is 237 g/mol. The van der Waals surface area contributed by atoms with Crippen molar-refractivity contribution in [1.82, 2.24) is 10.2 Å². The number of halogens is 1. The Hall–Kier alpha value is -0.320. The molecule has 2 atom stereocenters. The van der Waals surface area contributed by atoms with Gasteiger partial charge >= 0.3 is 0 Å². The Bertz CT molecular complexity index is 196. The van der Waals surface area contributed by atoms with Gasteiger partial charge in [-0.15, -0.1) is 12.4 Å². The van der Waals surface area contributed by atoms with E-state index >= 15 is 0 Å². The van der Waals surface area contributed by atoms with E-state index in [1.807, 2.05) is 11.8 Å². The third kappa shape index (κ3) is 3.97. The molecule has 1 aliphatic rings. The van der Waals surface area contributed by atoms with Crippen molar-refractivity contribution >= 4 is 18.3 Å². The second-order valence-electron chi connectivity index (χ2n) is 3.77. The molecule has 0 radical (unpaired) electrons. The van der Waals surface area contributed by atoms with Crippen molar-refractivity contribution < 1.29 is 9.90 Å². The van der Waals surface area contributed by atoms with Crippen molar-refractivity contribution in [2.75, 3.05) is 19.6 Å². The van der Waals surface area contributed by atoms with Crippen LogP contribution in [-0.4, -0.2) is 47.7 Å². The van der Waals surface area contributed by atoms with E-state index in [-0.39, 0.29) is 30.5 Å². The minimum absolute atomic E-state index is 0. The van der Waals surface area contributed by atoms with Gasteiger partial charge in [-0.3, -0.25) is 4.79 Å². The number of amides is 1. The maximum Gasteiger partial charge on any atom is 0.239 e. The molecule has 0 aromatic heterocycles. The molecule has 0 aliphatic carbocycles. The van der Waals surface area contributed by atoms with E-state index in [0.29, 0.717) is 13.0 Å². The van der Waals surface area contributed by atoms with Crippen LogP contribution in [0.5, 0.6) is 0 Å². The van der Waals surface area contributed by atoms with Crippen molar-refractivity contribution in [1.29, 1.82) is 0 Å². The van der Waals surface area contributed by atoms with Crippen molar-refractivity contribution in [3.63, 3.8) is 0 Å². The van der Waals surface area contributed by atoms with Crippen LogP contribution in [0.2, 0.25) is 0 Å². The zero-order chi connectivity index (χ0) is 10.6. The summed E-state index contributed by atoms with van der Waals surface area (Å²) in [6.07, 6.45) is 1.18. The Balaban J connectivity index is 0.00000196. The van der Waals surface area contributed by atoms with E-state index < -0.39 is 0 Å². The first-order valence-electron chi connectivity index (χ1n) is 5.39. The molecule has 1 fully saturated rings. The lowest BCUT2D eigenvalue weighted by atomic mass is 10.2. The molecule has 0 saturated carbocycles. The summed E-state index contributed by atoms with van der Waals surface area (Å²) in [5.41, 5.74) is 0. The first kappa shape index (κ1) is 14.7. The Morgan fingerprint density at radius 3 is 2.60 bits per heavy atom. The first-order chi connectivity index (χ1) is 6.69. The van der Waals surface area contributed by atoms with Crippen molar-refractivity contribution in [3.8, 4) is 0 Å². The maximum atomic E-state index is 11.9. The van der Waals surface area contributed by atoms with Crippen LogP contribution in [-0.2, 0) is 4.79 Å². The normalized spacial score (nSPS) is 24.7. The van der Waals surface area contributed by atoms with E-state index in [0.717, 1.165) is 19.5 Å². The van der Waals surface area contributed by atoms with Crippen molar-refractivity contribution in [2.45, 2.75) is 38.8 Å². The number of aliphatic hydroxyl groups is 1. The molecule has 0 aromatic rings. The predicted octanol–water partition coefficient (Wildman–Crippen LogP) is 0.389. The number of aliphatic hydroxyl groups excluding tert-OH is 1. The van der Waals surface area contributed by atoms with Gasteiger partial charge in [0.25, 0.3) is 0 Å².